The molecule has 1 aromatic rings. The van der Waals surface area contributed by atoms with Gasteiger partial charge in [-0.25, -0.2) is 0 Å². The maximum absolute atomic E-state index is 12.5. The third-order valence-electron chi connectivity index (χ3n) is 8.08. The monoisotopic (exact) mass is 469 g/mol. The minimum atomic E-state index is -0.679. The van der Waals surface area contributed by atoms with Gasteiger partial charge in [0.25, 0.3) is 5.91 Å². The maximum atomic E-state index is 12.5. The van der Waals surface area contributed by atoms with Crippen molar-refractivity contribution in [1.29, 1.82) is 0 Å². The van der Waals surface area contributed by atoms with E-state index in [0.29, 0.717) is 23.4 Å². The molecular formula is C26H39N5O3. The summed E-state index contributed by atoms with van der Waals surface area (Å²) in [6.07, 6.45) is 10.1. The molecule has 4 aliphatic rings. The van der Waals surface area contributed by atoms with Gasteiger partial charge >= 0.3 is 0 Å². The molecule has 1 atom stereocenters. The van der Waals surface area contributed by atoms with Gasteiger partial charge in [0.15, 0.2) is 0 Å². The first-order valence-corrected chi connectivity index (χ1v) is 13.1. The van der Waals surface area contributed by atoms with Crippen LogP contribution in [0.3, 0.4) is 0 Å². The number of carbonyl (C=O) groups excluding carboxylic acids is 3. The largest absolute Gasteiger partial charge is 0.339 e. The smallest absolute Gasteiger partial charge is 0.270 e. The molecule has 186 valence electrons. The Morgan fingerprint density at radius 1 is 1.09 bits per heavy atom. The molecule has 1 saturated carbocycles. The van der Waals surface area contributed by atoms with E-state index in [4.69, 9.17) is 0 Å². The van der Waals surface area contributed by atoms with E-state index in [1.54, 1.807) is 6.07 Å². The molecule has 8 heteroatoms. The summed E-state index contributed by atoms with van der Waals surface area (Å²) in [7, 11) is 0. The molecule has 3 N–H and O–H groups in total. The van der Waals surface area contributed by atoms with Gasteiger partial charge in [0.05, 0.1) is 0 Å². The number of rotatable bonds is 4. The van der Waals surface area contributed by atoms with Gasteiger partial charge in [0.2, 0.25) is 11.8 Å². The van der Waals surface area contributed by atoms with E-state index in [1.165, 1.54) is 44.3 Å². The number of hydrogen-bond donors (Lipinski definition) is 3. The summed E-state index contributed by atoms with van der Waals surface area (Å²) in [4.78, 5) is 42.6. The number of nitrogens with one attached hydrogen (secondary N) is 3. The van der Waals surface area contributed by atoms with Crippen LogP contribution in [0.2, 0.25) is 0 Å². The number of nitrogens with zero attached hydrogens (tertiary/aromatic N) is 2. The fourth-order valence-corrected chi connectivity index (χ4v) is 6.01. The van der Waals surface area contributed by atoms with E-state index in [-0.39, 0.29) is 18.2 Å². The van der Waals surface area contributed by atoms with Crippen LogP contribution in [0.1, 0.15) is 87.2 Å². The van der Waals surface area contributed by atoms with Gasteiger partial charge in [0.1, 0.15) is 11.7 Å². The van der Waals surface area contributed by atoms with Crippen molar-refractivity contribution in [2.24, 2.45) is 5.41 Å². The summed E-state index contributed by atoms with van der Waals surface area (Å²) < 4.78 is 0. The van der Waals surface area contributed by atoms with Crippen molar-refractivity contribution < 1.29 is 14.4 Å². The second-order valence-corrected chi connectivity index (χ2v) is 10.1. The molecule has 3 amide bonds. The first-order chi connectivity index (χ1) is 16.5. The van der Waals surface area contributed by atoms with Crippen molar-refractivity contribution in [2.75, 3.05) is 26.2 Å². The third kappa shape index (κ3) is 5.49. The summed E-state index contributed by atoms with van der Waals surface area (Å²) in [5.74, 6) is -0.635. The molecule has 3 saturated heterocycles. The Hall–Kier alpha value is -2.32. The van der Waals surface area contributed by atoms with Gasteiger partial charge in [-0.05, 0) is 94.1 Å². The summed E-state index contributed by atoms with van der Waals surface area (Å²) >= 11 is 0. The molecule has 4 heterocycles. The van der Waals surface area contributed by atoms with Crippen molar-refractivity contribution in [3.63, 3.8) is 0 Å². The predicted molar refractivity (Wildman–Crippen MR) is 130 cm³/mol. The lowest BCUT2D eigenvalue weighted by Gasteiger charge is -2.55. The molecule has 34 heavy (non-hydrogen) atoms. The van der Waals surface area contributed by atoms with Crippen molar-refractivity contribution in [3.05, 3.63) is 29.6 Å². The summed E-state index contributed by atoms with van der Waals surface area (Å²) in [5.41, 5.74) is 2.12. The molecule has 1 spiro atoms. The third-order valence-corrected chi connectivity index (χ3v) is 8.08. The second kappa shape index (κ2) is 11.0. The Bertz CT molecular complexity index is 865. The van der Waals surface area contributed by atoms with Gasteiger partial charge in [-0.15, -0.1) is 0 Å². The number of likely N-dealkylation sites (tertiary alicyclic amines) is 1. The Kier molecular flexibility index (Phi) is 7.99. The van der Waals surface area contributed by atoms with Crippen LogP contribution in [-0.4, -0.2) is 65.9 Å². The normalized spacial score (nSPS) is 25.6. The molecule has 3 aliphatic heterocycles. The Morgan fingerprint density at radius 2 is 1.79 bits per heavy atom. The molecular weight excluding hydrogens is 430 g/mol. The van der Waals surface area contributed by atoms with Gasteiger partial charge in [0, 0.05) is 18.7 Å². The van der Waals surface area contributed by atoms with Crippen LogP contribution < -0.4 is 16.0 Å². The van der Waals surface area contributed by atoms with Crippen LogP contribution >= 0.6 is 0 Å². The molecule has 0 bridgehead atoms. The van der Waals surface area contributed by atoms with Crippen LogP contribution in [0.5, 0.6) is 0 Å². The number of aromatic nitrogens is 1. The van der Waals surface area contributed by atoms with E-state index in [1.807, 2.05) is 26.1 Å². The van der Waals surface area contributed by atoms with E-state index >= 15 is 0 Å². The van der Waals surface area contributed by atoms with Crippen molar-refractivity contribution >= 4 is 17.7 Å². The Balaban J connectivity index is 0.00000133. The number of carbonyl (C=O) groups is 3. The first kappa shape index (κ1) is 24.8. The first-order valence-electron chi connectivity index (χ1n) is 13.1. The van der Waals surface area contributed by atoms with E-state index in [9.17, 15) is 14.4 Å². The summed E-state index contributed by atoms with van der Waals surface area (Å²) in [5, 5.41) is 8.43. The molecule has 4 fully saturated rings. The van der Waals surface area contributed by atoms with Crippen molar-refractivity contribution in [3.8, 4) is 0 Å². The molecule has 1 unspecified atom stereocenters. The van der Waals surface area contributed by atoms with Gasteiger partial charge in [-0.3, -0.25) is 24.7 Å². The lowest BCUT2D eigenvalue weighted by atomic mass is 9.60. The average Bonchev–Trinajstić information content (AvgIpc) is 2.86. The Labute approximate surface area is 202 Å². The van der Waals surface area contributed by atoms with E-state index in [0.717, 1.165) is 32.0 Å². The highest BCUT2D eigenvalue weighted by molar-refractivity contribution is 6.03. The topological polar surface area (TPSA) is 103 Å². The highest BCUT2D eigenvalue weighted by atomic mass is 16.2. The maximum Gasteiger partial charge on any atom is 0.270 e. The quantitative estimate of drug-likeness (QED) is 0.585. The zero-order valence-electron chi connectivity index (χ0n) is 20.6. The molecule has 0 radical (unpaired) electrons. The highest BCUT2D eigenvalue weighted by Gasteiger charge is 2.47. The van der Waals surface area contributed by atoms with Crippen LogP contribution in [-0.2, 0) is 9.59 Å². The molecule has 5 rings (SSSR count). The standard InChI is InChI=1S/C24H33N5O3.C2H6/c30-21-4-3-20(23(32)28-21)27-22(31)19-2-1-17(15-26-19)16-5-11-29(12-6-16)18-13-24(14-18)7-9-25-10-8-24;1-2/h1-2,15-16,18,20,25H,3-14H2,(H,27,31)(H,28,30,32);1-2H3. The van der Waals surface area contributed by atoms with Crippen LogP contribution in [0, 0.1) is 5.41 Å². The number of piperidine rings is 3. The predicted octanol–water partition coefficient (Wildman–Crippen LogP) is 2.35. The summed E-state index contributed by atoms with van der Waals surface area (Å²) in [6.45, 7) is 8.65. The number of imide groups is 1. The zero-order valence-corrected chi connectivity index (χ0v) is 20.6. The molecule has 1 aliphatic carbocycles. The molecule has 0 aromatic carbocycles. The molecule has 1 aromatic heterocycles. The van der Waals surface area contributed by atoms with E-state index < -0.39 is 11.9 Å². The number of hydrogen-bond acceptors (Lipinski definition) is 6. The van der Waals surface area contributed by atoms with Crippen molar-refractivity contribution in [2.45, 2.75) is 83.2 Å². The SMILES string of the molecule is CC.O=C1CCC(NC(=O)c2ccc(C3CCN(C4CC5(CCNCC5)C4)CC3)cn2)C(=O)N1. The minimum absolute atomic E-state index is 0.237. The molecule has 8 nitrogen and oxygen atoms in total. The fourth-order valence-electron chi connectivity index (χ4n) is 6.01. The van der Waals surface area contributed by atoms with Crippen LogP contribution in [0.25, 0.3) is 0 Å². The van der Waals surface area contributed by atoms with Crippen LogP contribution in [0.15, 0.2) is 18.3 Å². The second-order valence-electron chi connectivity index (χ2n) is 10.1. The van der Waals surface area contributed by atoms with E-state index in [2.05, 4.69) is 25.8 Å². The fraction of sp³-hybridized carbons (Fsp3) is 0.692. The number of pyridine rings is 1. The number of amides is 3. The van der Waals surface area contributed by atoms with Gasteiger partial charge < -0.3 is 15.5 Å². The zero-order chi connectivity index (χ0) is 24.1. The lowest BCUT2D eigenvalue weighted by molar-refractivity contribution is -0.134. The van der Waals surface area contributed by atoms with Crippen molar-refractivity contribution in [1.82, 2.24) is 25.8 Å². The van der Waals surface area contributed by atoms with Crippen LogP contribution in [0.4, 0.5) is 0 Å². The summed E-state index contributed by atoms with van der Waals surface area (Å²) in [6, 6.07) is 3.84. The minimum Gasteiger partial charge on any atom is -0.339 e. The lowest BCUT2D eigenvalue weighted by Crippen LogP contribution is -2.55. The highest BCUT2D eigenvalue weighted by Crippen LogP contribution is 2.50. The average molecular weight is 470 g/mol. The van der Waals surface area contributed by atoms with Gasteiger partial charge in [-0.1, -0.05) is 19.9 Å². The Morgan fingerprint density at radius 3 is 2.41 bits per heavy atom. The van der Waals surface area contributed by atoms with Gasteiger partial charge in [-0.2, -0.15) is 0 Å².